The predicted octanol–water partition coefficient (Wildman–Crippen LogP) is 0.676. The van der Waals surface area contributed by atoms with Crippen molar-refractivity contribution in [2.45, 2.75) is 19.9 Å². The zero-order chi connectivity index (χ0) is 11.9. The summed E-state index contributed by atoms with van der Waals surface area (Å²) in [6.45, 7) is 3.62. The molecular weight excluding hydrogens is 206 g/mol. The number of rotatable bonds is 1. The Morgan fingerprint density at radius 2 is 2.00 bits per heavy atom. The largest absolute Gasteiger partial charge is 0.332 e. The van der Waals surface area contributed by atoms with Crippen molar-refractivity contribution in [2.75, 3.05) is 0 Å². The van der Waals surface area contributed by atoms with Gasteiger partial charge in [-0.1, -0.05) is 0 Å². The monoisotopic (exact) mass is 219 g/mol. The number of fused-ring (bicyclic) bond motifs is 1. The fourth-order valence-corrected chi connectivity index (χ4v) is 1.76. The highest BCUT2D eigenvalue weighted by Gasteiger charge is 2.12. The summed E-state index contributed by atoms with van der Waals surface area (Å²) in [5.74, 6) is 0. The second-order valence-electron chi connectivity index (χ2n) is 3.99. The van der Waals surface area contributed by atoms with Gasteiger partial charge in [0, 0.05) is 19.3 Å². The standard InChI is InChI=1S/C11H13N3O2/c1-7(2)14-10(15)8-5-4-6-12-9(8)13(3)11(14)16/h4-7H,1-3H3. The Morgan fingerprint density at radius 3 is 2.62 bits per heavy atom. The van der Waals surface area contributed by atoms with Gasteiger partial charge >= 0.3 is 5.69 Å². The van der Waals surface area contributed by atoms with Crippen LogP contribution in [0.15, 0.2) is 27.9 Å². The molecule has 2 heterocycles. The van der Waals surface area contributed by atoms with Gasteiger partial charge in [-0.25, -0.2) is 9.78 Å². The maximum absolute atomic E-state index is 12.1. The van der Waals surface area contributed by atoms with Gasteiger partial charge in [-0.05, 0) is 26.0 Å². The van der Waals surface area contributed by atoms with Crippen molar-refractivity contribution in [3.05, 3.63) is 39.2 Å². The second kappa shape index (κ2) is 3.59. The van der Waals surface area contributed by atoms with E-state index >= 15 is 0 Å². The van der Waals surface area contributed by atoms with Crippen molar-refractivity contribution in [1.29, 1.82) is 0 Å². The van der Waals surface area contributed by atoms with Crippen molar-refractivity contribution in [3.63, 3.8) is 0 Å². The maximum atomic E-state index is 12.1. The third kappa shape index (κ3) is 1.36. The molecule has 0 amide bonds. The van der Waals surface area contributed by atoms with Gasteiger partial charge in [0.25, 0.3) is 5.56 Å². The zero-order valence-corrected chi connectivity index (χ0v) is 9.47. The van der Waals surface area contributed by atoms with Crippen LogP contribution in [0.1, 0.15) is 19.9 Å². The van der Waals surface area contributed by atoms with Crippen molar-refractivity contribution in [2.24, 2.45) is 7.05 Å². The summed E-state index contributed by atoms with van der Waals surface area (Å²) in [7, 11) is 1.62. The van der Waals surface area contributed by atoms with Gasteiger partial charge in [0.15, 0.2) is 0 Å². The number of aromatic nitrogens is 3. The van der Waals surface area contributed by atoms with Gasteiger partial charge in [-0.3, -0.25) is 13.9 Å². The molecule has 0 aliphatic carbocycles. The highest BCUT2D eigenvalue weighted by Crippen LogP contribution is 2.04. The van der Waals surface area contributed by atoms with E-state index in [4.69, 9.17) is 0 Å². The third-order valence-electron chi connectivity index (χ3n) is 2.56. The average Bonchev–Trinajstić information content (AvgIpc) is 2.26. The Bertz CT molecular complexity index is 652. The molecule has 0 aliphatic rings. The minimum absolute atomic E-state index is 0.157. The summed E-state index contributed by atoms with van der Waals surface area (Å²) in [5, 5.41) is 0.471. The van der Waals surface area contributed by atoms with Crippen molar-refractivity contribution in [1.82, 2.24) is 14.1 Å². The molecule has 0 aromatic carbocycles. The summed E-state index contributed by atoms with van der Waals surface area (Å²) in [6, 6.07) is 3.22. The quantitative estimate of drug-likeness (QED) is 0.708. The molecule has 16 heavy (non-hydrogen) atoms. The van der Waals surface area contributed by atoms with E-state index in [1.54, 1.807) is 25.4 Å². The molecule has 0 saturated heterocycles. The summed E-state index contributed by atoms with van der Waals surface area (Å²) < 4.78 is 2.64. The third-order valence-corrected chi connectivity index (χ3v) is 2.56. The van der Waals surface area contributed by atoms with E-state index in [1.807, 2.05) is 13.8 Å². The number of hydrogen-bond donors (Lipinski definition) is 0. The first-order valence-corrected chi connectivity index (χ1v) is 5.10. The Morgan fingerprint density at radius 1 is 1.31 bits per heavy atom. The number of pyridine rings is 1. The highest BCUT2D eigenvalue weighted by atomic mass is 16.2. The van der Waals surface area contributed by atoms with E-state index in [1.165, 1.54) is 9.13 Å². The molecule has 0 saturated carbocycles. The Kier molecular flexibility index (Phi) is 2.38. The van der Waals surface area contributed by atoms with E-state index < -0.39 is 0 Å². The van der Waals surface area contributed by atoms with Crippen LogP contribution in [-0.4, -0.2) is 14.1 Å². The van der Waals surface area contributed by atoms with Crippen LogP contribution in [0.2, 0.25) is 0 Å². The van der Waals surface area contributed by atoms with Crippen LogP contribution < -0.4 is 11.2 Å². The van der Waals surface area contributed by atoms with Gasteiger partial charge in [0.2, 0.25) is 0 Å². The minimum Gasteiger partial charge on any atom is -0.280 e. The van der Waals surface area contributed by atoms with Gasteiger partial charge in [-0.15, -0.1) is 0 Å². The average molecular weight is 219 g/mol. The van der Waals surface area contributed by atoms with E-state index in [-0.39, 0.29) is 17.3 Å². The molecular formula is C11H13N3O2. The van der Waals surface area contributed by atoms with Crippen LogP contribution in [-0.2, 0) is 7.05 Å². The van der Waals surface area contributed by atoms with Gasteiger partial charge in [-0.2, -0.15) is 0 Å². The van der Waals surface area contributed by atoms with Gasteiger partial charge < -0.3 is 0 Å². The van der Waals surface area contributed by atoms with E-state index in [0.717, 1.165) is 0 Å². The van der Waals surface area contributed by atoms with Crippen LogP contribution in [0.3, 0.4) is 0 Å². The first-order valence-electron chi connectivity index (χ1n) is 5.10. The fraction of sp³-hybridized carbons (Fsp3) is 0.364. The molecule has 0 aliphatic heterocycles. The SMILES string of the molecule is CC(C)n1c(=O)c2cccnc2n(C)c1=O. The Labute approximate surface area is 92.0 Å². The predicted molar refractivity (Wildman–Crippen MR) is 61.6 cm³/mol. The fourth-order valence-electron chi connectivity index (χ4n) is 1.76. The first kappa shape index (κ1) is 10.6. The lowest BCUT2D eigenvalue weighted by Crippen LogP contribution is -2.40. The topological polar surface area (TPSA) is 56.9 Å². The van der Waals surface area contributed by atoms with Crippen LogP contribution in [0.5, 0.6) is 0 Å². The number of nitrogens with zero attached hydrogens (tertiary/aromatic N) is 3. The van der Waals surface area contributed by atoms with Crippen molar-refractivity contribution < 1.29 is 0 Å². The summed E-state index contributed by atoms with van der Waals surface area (Å²) in [4.78, 5) is 28.0. The van der Waals surface area contributed by atoms with Crippen LogP contribution in [0.4, 0.5) is 0 Å². The molecule has 2 rings (SSSR count). The molecule has 2 aromatic rings. The molecule has 84 valence electrons. The Hall–Kier alpha value is -1.91. The normalized spacial score (nSPS) is 11.2. The van der Waals surface area contributed by atoms with Crippen molar-refractivity contribution in [3.8, 4) is 0 Å². The van der Waals surface area contributed by atoms with E-state index in [9.17, 15) is 9.59 Å². The van der Waals surface area contributed by atoms with Crippen LogP contribution in [0.25, 0.3) is 11.0 Å². The Balaban J connectivity index is 3.07. The molecule has 0 N–H and O–H groups in total. The van der Waals surface area contributed by atoms with Crippen LogP contribution >= 0.6 is 0 Å². The van der Waals surface area contributed by atoms with E-state index in [2.05, 4.69) is 4.98 Å². The van der Waals surface area contributed by atoms with Gasteiger partial charge in [0.05, 0.1) is 5.39 Å². The smallest absolute Gasteiger partial charge is 0.280 e. The van der Waals surface area contributed by atoms with Crippen molar-refractivity contribution >= 4 is 11.0 Å². The molecule has 0 atom stereocenters. The molecule has 0 unspecified atom stereocenters. The summed E-state index contributed by atoms with van der Waals surface area (Å²) in [6.07, 6.45) is 1.57. The lowest BCUT2D eigenvalue weighted by Gasteiger charge is -2.12. The lowest BCUT2D eigenvalue weighted by atomic mass is 10.3. The van der Waals surface area contributed by atoms with Crippen LogP contribution in [0, 0.1) is 0 Å². The first-order chi connectivity index (χ1) is 7.54. The van der Waals surface area contributed by atoms with Gasteiger partial charge in [0.1, 0.15) is 5.65 Å². The molecule has 5 nitrogen and oxygen atoms in total. The molecule has 0 fully saturated rings. The molecule has 0 radical (unpaired) electrons. The molecule has 0 bridgehead atoms. The molecule has 2 aromatic heterocycles. The minimum atomic E-state index is -0.328. The second-order valence-corrected chi connectivity index (χ2v) is 3.99. The lowest BCUT2D eigenvalue weighted by molar-refractivity contribution is 0.531. The molecule has 5 heteroatoms. The molecule has 0 spiro atoms. The summed E-state index contributed by atoms with van der Waals surface area (Å²) in [5.41, 5.74) is -0.179. The number of hydrogen-bond acceptors (Lipinski definition) is 3. The van der Waals surface area contributed by atoms with E-state index in [0.29, 0.717) is 11.0 Å². The summed E-state index contributed by atoms with van der Waals surface area (Å²) >= 11 is 0. The number of aryl methyl sites for hydroxylation is 1. The zero-order valence-electron chi connectivity index (χ0n) is 9.47. The maximum Gasteiger partial charge on any atom is 0.332 e. The highest BCUT2D eigenvalue weighted by molar-refractivity contribution is 5.73.